The van der Waals surface area contributed by atoms with E-state index in [1.165, 1.54) is 37.1 Å². The maximum absolute atomic E-state index is 12.5. The Morgan fingerprint density at radius 3 is 2.14 bits per heavy atom. The number of sulfone groups is 1. The zero-order valence-electron chi connectivity index (χ0n) is 12.7. The first kappa shape index (κ1) is 18.6. The molecule has 122 valence electrons. The Balaban J connectivity index is 3.13. The van der Waals surface area contributed by atoms with Crippen molar-refractivity contribution in [1.82, 2.24) is 4.90 Å². The summed E-state index contributed by atoms with van der Waals surface area (Å²) in [6.07, 6.45) is 1.12. The molecule has 0 aliphatic carbocycles. The number of carbonyl (C=O) groups excluding carboxylic acids is 1. The van der Waals surface area contributed by atoms with Crippen molar-refractivity contribution in [2.24, 2.45) is 0 Å². The van der Waals surface area contributed by atoms with Gasteiger partial charge in [0.25, 0.3) is 5.91 Å². The molecule has 6 nitrogen and oxygen atoms in total. The van der Waals surface area contributed by atoms with Crippen LogP contribution in [0.2, 0.25) is 0 Å². The van der Waals surface area contributed by atoms with Gasteiger partial charge in [-0.2, -0.15) is 0 Å². The molecule has 0 aliphatic heterocycles. The van der Waals surface area contributed by atoms with Gasteiger partial charge in [0.05, 0.1) is 10.8 Å². The van der Waals surface area contributed by atoms with E-state index in [1.54, 1.807) is 6.92 Å². The summed E-state index contributed by atoms with van der Waals surface area (Å²) in [5.74, 6) is -1.58. The van der Waals surface area contributed by atoms with Gasteiger partial charge in [0.1, 0.15) is 0 Å². The fourth-order valence-corrected chi connectivity index (χ4v) is 3.29. The number of rotatable bonds is 5. The van der Waals surface area contributed by atoms with E-state index in [0.717, 1.165) is 6.26 Å². The molecule has 0 saturated carbocycles. The van der Waals surface area contributed by atoms with Gasteiger partial charge in [-0.1, -0.05) is 15.9 Å². The summed E-state index contributed by atoms with van der Waals surface area (Å²) in [5, 5.41) is 8.30. The van der Waals surface area contributed by atoms with Crippen LogP contribution in [-0.2, 0) is 9.84 Å². The molecule has 1 amide bonds. The summed E-state index contributed by atoms with van der Waals surface area (Å²) in [5.41, 5.74) is 0.164. The fourth-order valence-electron chi connectivity index (χ4n) is 1.90. The van der Waals surface area contributed by atoms with E-state index >= 15 is 0 Å². The van der Waals surface area contributed by atoms with Crippen LogP contribution in [0.25, 0.3) is 0 Å². The van der Waals surface area contributed by atoms with Crippen LogP contribution in [0.3, 0.4) is 0 Å². The average Bonchev–Trinajstić information content (AvgIpc) is 2.42. The van der Waals surface area contributed by atoms with Crippen LogP contribution in [0.1, 0.15) is 34.6 Å². The lowest BCUT2D eigenvalue weighted by Gasteiger charge is -2.29. The highest BCUT2D eigenvalue weighted by molar-refractivity contribution is 9.10. The maximum Gasteiger partial charge on any atom is 0.335 e. The van der Waals surface area contributed by atoms with Crippen molar-refractivity contribution in [2.75, 3.05) is 13.3 Å². The number of carbonyl (C=O) groups is 2. The number of halogens is 1. The summed E-state index contributed by atoms with van der Waals surface area (Å²) >= 11 is 3.17. The molecule has 0 radical (unpaired) electrons. The molecule has 1 N–H and O–H groups in total. The number of carboxylic acids is 1. The van der Waals surface area contributed by atoms with Crippen LogP contribution in [0.5, 0.6) is 0 Å². The largest absolute Gasteiger partial charge is 0.478 e. The van der Waals surface area contributed by atoms with Gasteiger partial charge in [0, 0.05) is 29.4 Å². The quantitative estimate of drug-likeness (QED) is 0.828. The predicted octanol–water partition coefficient (Wildman–Crippen LogP) is 2.04. The second kappa shape index (κ2) is 6.78. The van der Waals surface area contributed by atoms with E-state index in [9.17, 15) is 18.0 Å². The zero-order valence-corrected chi connectivity index (χ0v) is 15.1. The number of hydrogen-bond acceptors (Lipinski definition) is 4. The molecule has 2 unspecified atom stereocenters. The summed E-state index contributed by atoms with van der Waals surface area (Å²) in [6.45, 7) is 3.17. The first-order chi connectivity index (χ1) is 9.95. The van der Waals surface area contributed by atoms with Gasteiger partial charge in [0.15, 0.2) is 9.84 Å². The molecule has 1 aromatic rings. The van der Waals surface area contributed by atoms with Crippen molar-refractivity contribution in [1.29, 1.82) is 0 Å². The Morgan fingerprint density at radius 1 is 1.18 bits per heavy atom. The fraction of sp³-hybridized carbons (Fsp3) is 0.429. The van der Waals surface area contributed by atoms with Crippen LogP contribution in [0, 0.1) is 0 Å². The van der Waals surface area contributed by atoms with Gasteiger partial charge >= 0.3 is 5.97 Å². The molecule has 2 atom stereocenters. The summed E-state index contributed by atoms with van der Waals surface area (Å²) in [6, 6.07) is 3.61. The minimum atomic E-state index is -3.29. The zero-order chi connectivity index (χ0) is 17.2. The first-order valence-corrected chi connectivity index (χ1v) is 9.19. The van der Waals surface area contributed by atoms with Crippen molar-refractivity contribution in [3.63, 3.8) is 0 Å². The molecule has 0 bridgehead atoms. The smallest absolute Gasteiger partial charge is 0.335 e. The molecule has 8 heteroatoms. The minimum absolute atomic E-state index is 0.0186. The Labute approximate surface area is 138 Å². The molecule has 0 aromatic heterocycles. The molecule has 1 aromatic carbocycles. The number of amides is 1. The lowest BCUT2D eigenvalue weighted by molar-refractivity contribution is 0.0696. The molecule has 22 heavy (non-hydrogen) atoms. The number of carboxylic acid groups (broad SMARTS) is 1. The maximum atomic E-state index is 12.5. The van der Waals surface area contributed by atoms with Gasteiger partial charge < -0.3 is 10.0 Å². The van der Waals surface area contributed by atoms with Gasteiger partial charge in [0.2, 0.25) is 0 Å². The Hall–Kier alpha value is -1.41. The van der Waals surface area contributed by atoms with E-state index in [-0.39, 0.29) is 11.1 Å². The average molecular weight is 392 g/mol. The van der Waals surface area contributed by atoms with Crippen LogP contribution in [0.15, 0.2) is 22.7 Å². The molecular weight excluding hydrogens is 374 g/mol. The molecule has 0 fully saturated rings. The molecule has 0 aliphatic rings. The van der Waals surface area contributed by atoms with Crippen LogP contribution in [0.4, 0.5) is 0 Å². The third kappa shape index (κ3) is 4.30. The standard InChI is InChI=1S/C14H18BrNO5S/c1-8(9(2)22(4,20)21)16(3)13(17)10-5-11(14(18)19)7-12(15)6-10/h5-9H,1-4H3,(H,18,19). The van der Waals surface area contributed by atoms with Crippen LogP contribution < -0.4 is 0 Å². The molecule has 0 saturated heterocycles. The van der Waals surface area contributed by atoms with E-state index in [4.69, 9.17) is 5.11 Å². The first-order valence-electron chi connectivity index (χ1n) is 6.45. The van der Waals surface area contributed by atoms with E-state index in [2.05, 4.69) is 15.9 Å². The number of nitrogens with zero attached hydrogens (tertiary/aromatic N) is 1. The highest BCUT2D eigenvalue weighted by Crippen LogP contribution is 2.19. The van der Waals surface area contributed by atoms with Crippen LogP contribution in [-0.4, -0.2) is 54.9 Å². The highest BCUT2D eigenvalue weighted by atomic mass is 79.9. The Morgan fingerprint density at radius 2 is 1.68 bits per heavy atom. The van der Waals surface area contributed by atoms with Crippen molar-refractivity contribution in [3.05, 3.63) is 33.8 Å². The van der Waals surface area contributed by atoms with Crippen molar-refractivity contribution in [3.8, 4) is 0 Å². The lowest BCUT2D eigenvalue weighted by atomic mass is 10.1. The van der Waals surface area contributed by atoms with Gasteiger partial charge in [-0.15, -0.1) is 0 Å². The topological polar surface area (TPSA) is 91.8 Å². The Bertz CT molecular complexity index is 701. The predicted molar refractivity (Wildman–Crippen MR) is 87.0 cm³/mol. The monoisotopic (exact) mass is 391 g/mol. The van der Waals surface area contributed by atoms with Gasteiger partial charge in [-0.25, -0.2) is 13.2 Å². The van der Waals surface area contributed by atoms with Crippen molar-refractivity contribution < 1.29 is 23.1 Å². The second-order valence-electron chi connectivity index (χ2n) is 5.23. The summed E-state index contributed by atoms with van der Waals surface area (Å²) < 4.78 is 23.7. The number of hydrogen-bond donors (Lipinski definition) is 1. The van der Waals surface area contributed by atoms with Crippen molar-refractivity contribution in [2.45, 2.75) is 25.1 Å². The highest BCUT2D eigenvalue weighted by Gasteiger charge is 2.28. The number of benzene rings is 1. The van der Waals surface area contributed by atoms with Gasteiger partial charge in [-0.3, -0.25) is 4.79 Å². The van der Waals surface area contributed by atoms with Crippen LogP contribution >= 0.6 is 15.9 Å². The molecule has 0 spiro atoms. The van der Waals surface area contributed by atoms with E-state index < -0.39 is 33.0 Å². The normalized spacial score (nSPS) is 14.2. The number of aromatic carboxylic acids is 1. The Kier molecular flexibility index (Phi) is 5.75. The van der Waals surface area contributed by atoms with Gasteiger partial charge in [-0.05, 0) is 32.0 Å². The van der Waals surface area contributed by atoms with E-state index in [0.29, 0.717) is 4.47 Å². The second-order valence-corrected chi connectivity index (χ2v) is 8.54. The third-order valence-corrected chi connectivity index (χ3v) is 5.88. The molecule has 0 heterocycles. The van der Waals surface area contributed by atoms with E-state index in [1.807, 2.05) is 0 Å². The minimum Gasteiger partial charge on any atom is -0.478 e. The summed E-state index contributed by atoms with van der Waals surface area (Å²) in [7, 11) is -1.79. The SMILES string of the molecule is CC(C(C)S(C)(=O)=O)N(C)C(=O)c1cc(Br)cc(C(=O)O)c1. The van der Waals surface area contributed by atoms with Crippen molar-refractivity contribution >= 4 is 37.6 Å². The summed E-state index contributed by atoms with van der Waals surface area (Å²) in [4.78, 5) is 24.8. The lowest BCUT2D eigenvalue weighted by Crippen LogP contribution is -2.44. The molecule has 1 rings (SSSR count). The molecular formula is C14H18BrNO5S. The third-order valence-electron chi connectivity index (χ3n) is 3.68.